The highest BCUT2D eigenvalue weighted by atomic mass is 79.9. The number of hydrogen-bond acceptors (Lipinski definition) is 4. The Morgan fingerprint density at radius 3 is 2.53 bits per heavy atom. The maximum Gasteiger partial charge on any atom is 0.301 e. The summed E-state index contributed by atoms with van der Waals surface area (Å²) >= 11 is 3.13. The van der Waals surface area contributed by atoms with Crippen molar-refractivity contribution >= 4 is 31.9 Å². The van der Waals surface area contributed by atoms with E-state index in [0.29, 0.717) is 4.47 Å². The zero-order chi connectivity index (χ0) is 13.9. The first kappa shape index (κ1) is 13.8. The number of carbonyl (C=O) groups excluding carboxylic acids is 1. The van der Waals surface area contributed by atoms with Gasteiger partial charge in [-0.25, -0.2) is 8.42 Å². The molecule has 0 saturated carbocycles. The molecule has 1 heterocycles. The van der Waals surface area contributed by atoms with Crippen LogP contribution in [0.3, 0.4) is 0 Å². The summed E-state index contributed by atoms with van der Waals surface area (Å²) in [6.07, 6.45) is 1.32. The normalized spacial score (nSPS) is 11.2. The van der Waals surface area contributed by atoms with Crippen molar-refractivity contribution < 1.29 is 17.6 Å². The van der Waals surface area contributed by atoms with Crippen molar-refractivity contribution in [3.8, 4) is 0 Å². The molecular weight excluding hydrogens is 336 g/mol. The number of benzene rings is 1. The molecule has 0 spiro atoms. The minimum absolute atomic E-state index is 0.00910. The molecule has 0 unspecified atom stereocenters. The van der Waals surface area contributed by atoms with E-state index in [1.165, 1.54) is 24.5 Å². The van der Waals surface area contributed by atoms with E-state index in [1.54, 1.807) is 18.2 Å². The molecule has 0 atom stereocenters. The number of halogens is 1. The van der Waals surface area contributed by atoms with Gasteiger partial charge in [0.15, 0.2) is 5.76 Å². The quantitative estimate of drug-likeness (QED) is 0.825. The van der Waals surface area contributed by atoms with Crippen LogP contribution in [0.15, 0.2) is 56.4 Å². The Morgan fingerprint density at radius 1 is 1.16 bits per heavy atom. The lowest BCUT2D eigenvalue weighted by atomic mass is 10.4. The molecule has 100 valence electrons. The molecule has 0 saturated heterocycles. The van der Waals surface area contributed by atoms with E-state index in [0.717, 1.165) is 0 Å². The molecule has 8 heteroatoms. The number of nitrogens with one attached hydrogen (secondary N) is 2. The van der Waals surface area contributed by atoms with Crippen LogP contribution in [0.25, 0.3) is 0 Å². The van der Waals surface area contributed by atoms with Gasteiger partial charge in [0.05, 0.1) is 11.2 Å². The first-order valence-corrected chi connectivity index (χ1v) is 7.38. The van der Waals surface area contributed by atoms with Gasteiger partial charge in [-0.2, -0.15) is 0 Å². The van der Waals surface area contributed by atoms with Crippen LogP contribution in [0.1, 0.15) is 10.6 Å². The summed E-state index contributed by atoms with van der Waals surface area (Å²) in [6.45, 7) is 0. The molecule has 6 nitrogen and oxygen atoms in total. The second kappa shape index (κ2) is 5.55. The molecule has 0 fully saturated rings. The van der Waals surface area contributed by atoms with E-state index in [2.05, 4.69) is 21.4 Å². The summed E-state index contributed by atoms with van der Waals surface area (Å²) in [7, 11) is -3.85. The number of hydrazine groups is 1. The van der Waals surface area contributed by atoms with E-state index in [9.17, 15) is 13.2 Å². The molecule has 0 aliphatic heterocycles. The van der Waals surface area contributed by atoms with Crippen LogP contribution in [-0.4, -0.2) is 14.3 Å². The Bertz CT molecular complexity index is 682. The Balaban J connectivity index is 2.11. The van der Waals surface area contributed by atoms with Crippen LogP contribution in [0.5, 0.6) is 0 Å². The van der Waals surface area contributed by atoms with E-state index >= 15 is 0 Å². The van der Waals surface area contributed by atoms with E-state index < -0.39 is 15.9 Å². The second-order valence-electron chi connectivity index (χ2n) is 3.47. The van der Waals surface area contributed by atoms with Gasteiger partial charge in [0.25, 0.3) is 10.0 Å². The molecule has 2 rings (SSSR count). The van der Waals surface area contributed by atoms with Gasteiger partial charge in [-0.1, -0.05) is 12.1 Å². The first-order chi connectivity index (χ1) is 9.00. The van der Waals surface area contributed by atoms with Gasteiger partial charge in [-0.3, -0.25) is 10.2 Å². The van der Waals surface area contributed by atoms with E-state index in [4.69, 9.17) is 4.42 Å². The Labute approximate surface area is 118 Å². The van der Waals surface area contributed by atoms with Crippen LogP contribution >= 0.6 is 15.9 Å². The Hall–Kier alpha value is -1.64. The number of rotatable bonds is 4. The first-order valence-electron chi connectivity index (χ1n) is 5.11. The monoisotopic (exact) mass is 344 g/mol. The molecule has 0 aliphatic carbocycles. The fourth-order valence-corrected chi connectivity index (χ4v) is 3.14. The molecule has 2 aromatic rings. The molecule has 1 amide bonds. The van der Waals surface area contributed by atoms with Crippen LogP contribution in [0.2, 0.25) is 0 Å². The summed E-state index contributed by atoms with van der Waals surface area (Å²) in [5.41, 5.74) is 2.06. The predicted octanol–water partition coefficient (Wildman–Crippen LogP) is 1.67. The van der Waals surface area contributed by atoms with Gasteiger partial charge >= 0.3 is 5.91 Å². The smallest absolute Gasteiger partial charge is 0.301 e. The van der Waals surface area contributed by atoms with Crippen molar-refractivity contribution in [1.29, 1.82) is 0 Å². The van der Waals surface area contributed by atoms with Crippen molar-refractivity contribution in [2.75, 3.05) is 0 Å². The average Bonchev–Trinajstić information content (AvgIpc) is 2.90. The second-order valence-corrected chi connectivity index (χ2v) is 5.97. The third-order valence-electron chi connectivity index (χ3n) is 2.17. The molecule has 0 aliphatic rings. The van der Waals surface area contributed by atoms with E-state index in [1.807, 2.05) is 4.83 Å². The third kappa shape index (κ3) is 3.22. The summed E-state index contributed by atoms with van der Waals surface area (Å²) < 4.78 is 29.1. The maximum atomic E-state index is 11.9. The van der Waals surface area contributed by atoms with Crippen LogP contribution in [0, 0.1) is 0 Å². The summed E-state index contributed by atoms with van der Waals surface area (Å²) in [6, 6.07) is 9.20. The standard InChI is InChI=1S/C11H9BrN2O4S/c12-8-4-1-2-6-10(8)19(16,17)14-13-11(15)9-5-3-7-18-9/h1-7,14H,(H,13,15). The molecule has 2 N–H and O–H groups in total. The number of hydrogen-bond donors (Lipinski definition) is 2. The maximum absolute atomic E-state index is 11.9. The summed E-state index contributed by atoms with van der Waals surface area (Å²) in [4.78, 5) is 13.5. The zero-order valence-electron chi connectivity index (χ0n) is 9.46. The number of amides is 1. The van der Waals surface area contributed by atoms with Gasteiger partial charge in [-0.05, 0) is 40.2 Å². The fraction of sp³-hybridized carbons (Fsp3) is 0. The molecule has 0 radical (unpaired) electrons. The molecule has 0 bridgehead atoms. The lowest BCUT2D eigenvalue weighted by Gasteiger charge is -2.08. The minimum atomic E-state index is -3.85. The number of furan rings is 1. The molecule has 1 aromatic carbocycles. The van der Waals surface area contributed by atoms with Gasteiger partial charge in [0.2, 0.25) is 0 Å². The zero-order valence-corrected chi connectivity index (χ0v) is 11.9. The average molecular weight is 345 g/mol. The highest BCUT2D eigenvalue weighted by molar-refractivity contribution is 9.10. The van der Waals surface area contributed by atoms with Crippen molar-refractivity contribution in [2.24, 2.45) is 0 Å². The molecule has 1 aromatic heterocycles. The Kier molecular flexibility index (Phi) is 4.03. The summed E-state index contributed by atoms with van der Waals surface area (Å²) in [5, 5.41) is 0. The van der Waals surface area contributed by atoms with Gasteiger partial charge in [0, 0.05) is 4.47 Å². The van der Waals surface area contributed by atoms with Crippen LogP contribution in [0.4, 0.5) is 0 Å². The van der Waals surface area contributed by atoms with Crippen molar-refractivity contribution in [3.05, 3.63) is 52.9 Å². The topological polar surface area (TPSA) is 88.4 Å². The van der Waals surface area contributed by atoms with Crippen molar-refractivity contribution in [2.45, 2.75) is 4.90 Å². The Morgan fingerprint density at radius 2 is 1.89 bits per heavy atom. The predicted molar refractivity (Wildman–Crippen MR) is 70.6 cm³/mol. The molecule has 19 heavy (non-hydrogen) atoms. The SMILES string of the molecule is O=C(NNS(=O)(=O)c1ccccc1Br)c1ccco1. The fourth-order valence-electron chi connectivity index (χ4n) is 1.30. The molecular formula is C11H9BrN2O4S. The van der Waals surface area contributed by atoms with E-state index in [-0.39, 0.29) is 10.7 Å². The highest BCUT2D eigenvalue weighted by Crippen LogP contribution is 2.20. The minimum Gasteiger partial charge on any atom is -0.459 e. The largest absolute Gasteiger partial charge is 0.459 e. The van der Waals surface area contributed by atoms with Crippen molar-refractivity contribution in [1.82, 2.24) is 10.3 Å². The van der Waals surface area contributed by atoms with Gasteiger partial charge in [0.1, 0.15) is 0 Å². The third-order valence-corrected chi connectivity index (χ3v) is 4.43. The lowest BCUT2D eigenvalue weighted by Crippen LogP contribution is -2.41. The highest BCUT2D eigenvalue weighted by Gasteiger charge is 2.18. The van der Waals surface area contributed by atoms with Crippen LogP contribution in [-0.2, 0) is 10.0 Å². The lowest BCUT2D eigenvalue weighted by molar-refractivity contribution is 0.0917. The van der Waals surface area contributed by atoms with Crippen LogP contribution < -0.4 is 10.3 Å². The van der Waals surface area contributed by atoms with Gasteiger partial charge in [-0.15, -0.1) is 4.83 Å². The number of carbonyl (C=O) groups is 1. The van der Waals surface area contributed by atoms with Crippen molar-refractivity contribution in [3.63, 3.8) is 0 Å². The number of sulfonamides is 1. The van der Waals surface area contributed by atoms with Gasteiger partial charge < -0.3 is 4.42 Å². The summed E-state index contributed by atoms with van der Waals surface area (Å²) in [5.74, 6) is -0.671.